The molecular weight excluding hydrogens is 315 g/mol. The third kappa shape index (κ3) is 3.40. The highest BCUT2D eigenvalue weighted by molar-refractivity contribution is 5.98. The fourth-order valence-corrected chi connectivity index (χ4v) is 2.52. The number of carboxylic acids is 1. The number of alkyl halides is 1. The molecule has 7 heteroatoms. The maximum atomic E-state index is 12.7. The van der Waals surface area contributed by atoms with E-state index in [2.05, 4.69) is 5.32 Å². The number of carbonyl (C=O) groups is 2. The SMILES string of the molecule is COc1ccc(-n2c(C)cc(C(=O)NC(CF)C(=O)O)c2C)cc1. The van der Waals surface area contributed by atoms with Crippen LogP contribution in [0, 0.1) is 13.8 Å². The normalized spacial score (nSPS) is 11.8. The van der Waals surface area contributed by atoms with E-state index in [1.165, 1.54) is 0 Å². The van der Waals surface area contributed by atoms with Crippen LogP contribution in [-0.4, -0.2) is 41.4 Å². The van der Waals surface area contributed by atoms with Gasteiger partial charge in [-0.1, -0.05) is 0 Å². The zero-order chi connectivity index (χ0) is 17.9. The minimum Gasteiger partial charge on any atom is -0.497 e. The zero-order valence-electron chi connectivity index (χ0n) is 13.7. The quantitative estimate of drug-likeness (QED) is 0.849. The molecule has 0 radical (unpaired) electrons. The number of hydrogen-bond acceptors (Lipinski definition) is 3. The van der Waals surface area contributed by atoms with Crippen molar-refractivity contribution in [2.75, 3.05) is 13.8 Å². The first-order valence-corrected chi connectivity index (χ1v) is 7.32. The van der Waals surface area contributed by atoms with E-state index in [0.717, 1.165) is 11.4 Å². The number of nitrogens with zero attached hydrogens (tertiary/aromatic N) is 1. The first kappa shape index (κ1) is 17.5. The number of hydrogen-bond donors (Lipinski definition) is 2. The summed E-state index contributed by atoms with van der Waals surface area (Å²) in [4.78, 5) is 23.1. The molecular formula is C17H19FN2O4. The first-order valence-electron chi connectivity index (χ1n) is 7.32. The van der Waals surface area contributed by atoms with E-state index in [-0.39, 0.29) is 0 Å². The average molecular weight is 334 g/mol. The lowest BCUT2D eigenvalue weighted by Crippen LogP contribution is -2.42. The van der Waals surface area contributed by atoms with Gasteiger partial charge in [-0.05, 0) is 44.2 Å². The lowest BCUT2D eigenvalue weighted by Gasteiger charge is -2.12. The van der Waals surface area contributed by atoms with Crippen molar-refractivity contribution in [1.82, 2.24) is 9.88 Å². The van der Waals surface area contributed by atoms with E-state index in [9.17, 15) is 14.0 Å². The largest absolute Gasteiger partial charge is 0.497 e. The Bertz CT molecular complexity index is 753. The minimum absolute atomic E-state index is 0.308. The standard InChI is InChI=1S/C17H19FN2O4/c1-10-8-14(16(21)19-15(9-18)17(22)23)11(2)20(10)12-4-6-13(24-3)7-5-12/h4-8,15H,9H2,1-3H3,(H,19,21)(H,22,23). The monoisotopic (exact) mass is 334 g/mol. The van der Waals surface area contributed by atoms with Crippen LogP contribution in [0.5, 0.6) is 5.75 Å². The Morgan fingerprint density at radius 3 is 2.42 bits per heavy atom. The molecule has 1 aromatic heterocycles. The minimum atomic E-state index is -1.55. The van der Waals surface area contributed by atoms with Crippen LogP contribution in [0.25, 0.3) is 5.69 Å². The molecule has 2 N–H and O–H groups in total. The summed E-state index contributed by atoms with van der Waals surface area (Å²) in [6.45, 7) is 2.41. The molecule has 0 aliphatic carbocycles. The zero-order valence-corrected chi connectivity index (χ0v) is 13.7. The number of ether oxygens (including phenoxy) is 1. The Morgan fingerprint density at radius 2 is 1.92 bits per heavy atom. The Hall–Kier alpha value is -2.83. The van der Waals surface area contributed by atoms with Crippen LogP contribution in [0.4, 0.5) is 4.39 Å². The van der Waals surface area contributed by atoms with Gasteiger partial charge in [0.25, 0.3) is 5.91 Å². The smallest absolute Gasteiger partial charge is 0.328 e. The van der Waals surface area contributed by atoms with Crippen LogP contribution in [-0.2, 0) is 4.79 Å². The summed E-state index contributed by atoms with van der Waals surface area (Å²) in [5, 5.41) is 11.0. The first-order chi connectivity index (χ1) is 11.4. The van der Waals surface area contributed by atoms with Crippen molar-refractivity contribution in [3.63, 3.8) is 0 Å². The highest BCUT2D eigenvalue weighted by Crippen LogP contribution is 2.22. The highest BCUT2D eigenvalue weighted by atomic mass is 19.1. The summed E-state index contributed by atoms with van der Waals surface area (Å²) in [5.74, 6) is -1.31. The summed E-state index contributed by atoms with van der Waals surface area (Å²) in [7, 11) is 1.58. The van der Waals surface area contributed by atoms with Crippen LogP contribution in [0.1, 0.15) is 21.7 Å². The third-order valence-corrected chi connectivity index (χ3v) is 3.76. The van der Waals surface area contributed by atoms with Gasteiger partial charge >= 0.3 is 5.97 Å². The molecule has 6 nitrogen and oxygen atoms in total. The molecule has 1 amide bonds. The maximum Gasteiger partial charge on any atom is 0.328 e. The van der Waals surface area contributed by atoms with Crippen molar-refractivity contribution in [1.29, 1.82) is 0 Å². The second-order valence-corrected chi connectivity index (χ2v) is 5.34. The Morgan fingerprint density at radius 1 is 1.29 bits per heavy atom. The van der Waals surface area contributed by atoms with Crippen molar-refractivity contribution in [3.05, 3.63) is 47.3 Å². The fraction of sp³-hybridized carbons (Fsp3) is 0.294. The van der Waals surface area contributed by atoms with Gasteiger partial charge in [0.15, 0.2) is 6.04 Å². The number of aliphatic carboxylic acids is 1. The van der Waals surface area contributed by atoms with E-state index in [4.69, 9.17) is 9.84 Å². The molecule has 0 bridgehead atoms. The van der Waals surface area contributed by atoms with Crippen LogP contribution in [0.15, 0.2) is 30.3 Å². The van der Waals surface area contributed by atoms with Gasteiger partial charge < -0.3 is 19.7 Å². The second kappa shape index (κ2) is 7.16. The van der Waals surface area contributed by atoms with Gasteiger partial charge in [0, 0.05) is 17.1 Å². The summed E-state index contributed by atoms with van der Waals surface area (Å²) < 4.78 is 19.7. The molecule has 1 heterocycles. The maximum absolute atomic E-state index is 12.7. The van der Waals surface area contributed by atoms with Crippen LogP contribution in [0.3, 0.4) is 0 Å². The van der Waals surface area contributed by atoms with Gasteiger partial charge in [-0.25, -0.2) is 9.18 Å². The molecule has 2 rings (SSSR count). The Labute approximate surface area is 138 Å². The van der Waals surface area contributed by atoms with Crippen LogP contribution < -0.4 is 10.1 Å². The van der Waals surface area contributed by atoms with Gasteiger partial charge in [0.05, 0.1) is 12.7 Å². The number of carbonyl (C=O) groups excluding carboxylic acids is 1. The van der Waals surface area contributed by atoms with E-state index in [1.54, 1.807) is 32.2 Å². The molecule has 0 fully saturated rings. The topological polar surface area (TPSA) is 80.6 Å². The number of benzene rings is 1. The average Bonchev–Trinajstić information content (AvgIpc) is 2.87. The lowest BCUT2D eigenvalue weighted by molar-refractivity contribution is -0.139. The molecule has 0 saturated heterocycles. The lowest BCUT2D eigenvalue weighted by atomic mass is 10.2. The van der Waals surface area contributed by atoms with Gasteiger partial charge in [0.2, 0.25) is 0 Å². The van der Waals surface area contributed by atoms with Gasteiger partial charge in [-0.2, -0.15) is 0 Å². The summed E-state index contributed by atoms with van der Waals surface area (Å²) >= 11 is 0. The number of aryl methyl sites for hydroxylation is 1. The predicted octanol–water partition coefficient (Wildman–Crippen LogP) is 2.26. The van der Waals surface area contributed by atoms with Crippen molar-refractivity contribution in [3.8, 4) is 11.4 Å². The van der Waals surface area contributed by atoms with Gasteiger partial charge in [-0.15, -0.1) is 0 Å². The molecule has 0 aliphatic heterocycles. The molecule has 0 saturated carbocycles. The summed E-state index contributed by atoms with van der Waals surface area (Å²) in [6, 6.07) is 7.40. The molecule has 1 atom stereocenters. The van der Waals surface area contributed by atoms with Crippen molar-refractivity contribution < 1.29 is 23.8 Å². The Balaban J connectivity index is 2.34. The van der Waals surface area contributed by atoms with Crippen molar-refractivity contribution in [2.24, 2.45) is 0 Å². The van der Waals surface area contributed by atoms with Crippen LogP contribution in [0.2, 0.25) is 0 Å². The molecule has 128 valence electrons. The summed E-state index contributed by atoms with van der Waals surface area (Å²) in [5.41, 5.74) is 2.58. The number of carboxylic acid groups (broad SMARTS) is 1. The van der Waals surface area contributed by atoms with Crippen molar-refractivity contribution >= 4 is 11.9 Å². The predicted molar refractivity (Wildman–Crippen MR) is 86.7 cm³/mol. The number of halogens is 1. The molecule has 1 aromatic carbocycles. The van der Waals surface area contributed by atoms with Crippen molar-refractivity contribution in [2.45, 2.75) is 19.9 Å². The van der Waals surface area contributed by atoms with E-state index in [1.807, 2.05) is 23.6 Å². The van der Waals surface area contributed by atoms with E-state index >= 15 is 0 Å². The number of rotatable bonds is 6. The molecule has 2 aromatic rings. The number of amides is 1. The third-order valence-electron chi connectivity index (χ3n) is 3.76. The molecule has 0 spiro atoms. The van der Waals surface area contributed by atoms with Gasteiger partial charge in [-0.3, -0.25) is 4.79 Å². The number of nitrogens with one attached hydrogen (secondary N) is 1. The van der Waals surface area contributed by atoms with Gasteiger partial charge in [0.1, 0.15) is 12.4 Å². The molecule has 24 heavy (non-hydrogen) atoms. The number of methoxy groups -OCH3 is 1. The highest BCUT2D eigenvalue weighted by Gasteiger charge is 2.23. The number of aromatic nitrogens is 1. The fourth-order valence-electron chi connectivity index (χ4n) is 2.52. The van der Waals surface area contributed by atoms with Crippen LogP contribution >= 0.6 is 0 Å². The molecule has 0 aliphatic rings. The second-order valence-electron chi connectivity index (χ2n) is 5.34. The Kier molecular flexibility index (Phi) is 5.23. The summed E-state index contributed by atoms with van der Waals surface area (Å²) in [6.07, 6.45) is 0. The van der Waals surface area contributed by atoms with E-state index < -0.39 is 24.6 Å². The van der Waals surface area contributed by atoms with E-state index in [0.29, 0.717) is 17.0 Å². The molecule has 1 unspecified atom stereocenters.